The minimum absolute atomic E-state index is 0.198. The molecule has 1 aliphatic heterocycles. The van der Waals surface area contributed by atoms with E-state index in [0.717, 1.165) is 37.6 Å². The molecule has 0 radical (unpaired) electrons. The molecule has 0 bridgehead atoms. The molecule has 1 saturated heterocycles. The summed E-state index contributed by atoms with van der Waals surface area (Å²) in [6.07, 6.45) is 1.67. The van der Waals surface area contributed by atoms with Gasteiger partial charge in [0.05, 0.1) is 12.7 Å². The lowest BCUT2D eigenvalue weighted by molar-refractivity contribution is -0.0117. The summed E-state index contributed by atoms with van der Waals surface area (Å²) < 4.78 is 5.66. The molecule has 0 amide bonds. The molecule has 0 aliphatic carbocycles. The van der Waals surface area contributed by atoms with Crippen molar-refractivity contribution in [3.8, 4) is 0 Å². The monoisotopic (exact) mass is 237 g/mol. The fraction of sp³-hybridized carbons (Fsp3) is 0.636. The third kappa shape index (κ3) is 3.04. The predicted molar refractivity (Wildman–Crippen MR) is 66.9 cm³/mol. The molecule has 17 heavy (non-hydrogen) atoms. The Labute approximate surface area is 101 Å². The Kier molecular flexibility index (Phi) is 3.75. The number of nitrogen functional groups attached to an aromatic ring is 1. The first-order valence-corrected chi connectivity index (χ1v) is 5.78. The maximum absolute atomic E-state index is 5.72. The van der Waals surface area contributed by atoms with E-state index in [1.807, 2.05) is 6.92 Å². The van der Waals surface area contributed by atoms with E-state index in [1.165, 1.54) is 6.33 Å². The van der Waals surface area contributed by atoms with Crippen LogP contribution in [0.3, 0.4) is 0 Å². The molecule has 1 aromatic heterocycles. The summed E-state index contributed by atoms with van der Waals surface area (Å²) in [5.41, 5.74) is 6.61. The zero-order valence-electron chi connectivity index (χ0n) is 10.3. The third-order valence-corrected chi connectivity index (χ3v) is 2.96. The molecule has 94 valence electrons. The Morgan fingerprint density at radius 3 is 3.18 bits per heavy atom. The molecular formula is C11H19N5O. The van der Waals surface area contributed by atoms with Crippen molar-refractivity contribution in [3.05, 3.63) is 11.9 Å². The molecule has 0 aromatic carbocycles. The molecule has 3 N–H and O–H groups in total. The molecule has 1 fully saturated rings. The van der Waals surface area contributed by atoms with Crippen molar-refractivity contribution in [1.29, 1.82) is 0 Å². The first-order valence-electron chi connectivity index (χ1n) is 5.78. The van der Waals surface area contributed by atoms with Crippen LogP contribution in [0.25, 0.3) is 0 Å². The van der Waals surface area contributed by atoms with Crippen LogP contribution in [0.1, 0.15) is 5.56 Å². The van der Waals surface area contributed by atoms with Crippen molar-refractivity contribution < 1.29 is 4.74 Å². The number of nitrogens with one attached hydrogen (secondary N) is 1. The van der Waals surface area contributed by atoms with Gasteiger partial charge in [0.1, 0.15) is 18.0 Å². The molecule has 0 spiro atoms. The second kappa shape index (κ2) is 5.29. The average molecular weight is 237 g/mol. The van der Waals surface area contributed by atoms with Gasteiger partial charge in [-0.2, -0.15) is 0 Å². The summed E-state index contributed by atoms with van der Waals surface area (Å²) in [6.45, 7) is 5.36. The van der Waals surface area contributed by atoms with Crippen LogP contribution in [0.5, 0.6) is 0 Å². The van der Waals surface area contributed by atoms with Crippen molar-refractivity contribution in [1.82, 2.24) is 14.9 Å². The van der Waals surface area contributed by atoms with Crippen molar-refractivity contribution in [3.63, 3.8) is 0 Å². The smallest absolute Gasteiger partial charge is 0.134 e. The van der Waals surface area contributed by atoms with Gasteiger partial charge in [0.25, 0.3) is 0 Å². The Morgan fingerprint density at radius 2 is 2.41 bits per heavy atom. The quantitative estimate of drug-likeness (QED) is 0.777. The van der Waals surface area contributed by atoms with E-state index in [9.17, 15) is 0 Å². The SMILES string of the molecule is Cc1c(N)ncnc1NCC1CN(C)CCO1. The molecule has 0 saturated carbocycles. The number of hydrogen-bond donors (Lipinski definition) is 2. The summed E-state index contributed by atoms with van der Waals surface area (Å²) in [6, 6.07) is 0. The van der Waals surface area contributed by atoms with Crippen LogP contribution in [0.2, 0.25) is 0 Å². The predicted octanol–water partition coefficient (Wildman–Crippen LogP) is 0.110. The van der Waals surface area contributed by atoms with Gasteiger partial charge in [-0.3, -0.25) is 0 Å². The van der Waals surface area contributed by atoms with E-state index < -0.39 is 0 Å². The van der Waals surface area contributed by atoms with Crippen LogP contribution in [-0.4, -0.2) is 54.3 Å². The summed E-state index contributed by atoms with van der Waals surface area (Å²) in [5, 5.41) is 3.26. The van der Waals surface area contributed by atoms with Gasteiger partial charge >= 0.3 is 0 Å². The molecule has 1 aliphatic rings. The summed E-state index contributed by atoms with van der Waals surface area (Å²) in [5.74, 6) is 1.30. The Hall–Kier alpha value is -1.40. The minimum atomic E-state index is 0.198. The molecule has 2 heterocycles. The second-order valence-electron chi connectivity index (χ2n) is 4.37. The normalized spacial score (nSPS) is 21.4. The zero-order chi connectivity index (χ0) is 12.3. The van der Waals surface area contributed by atoms with E-state index in [4.69, 9.17) is 10.5 Å². The molecule has 6 nitrogen and oxygen atoms in total. The summed E-state index contributed by atoms with van der Waals surface area (Å²) >= 11 is 0. The Morgan fingerprint density at radius 1 is 1.59 bits per heavy atom. The second-order valence-corrected chi connectivity index (χ2v) is 4.37. The van der Waals surface area contributed by atoms with Gasteiger partial charge in [-0.25, -0.2) is 9.97 Å². The Bertz CT molecular complexity index is 384. The van der Waals surface area contributed by atoms with Crippen LogP contribution in [0.15, 0.2) is 6.33 Å². The van der Waals surface area contributed by atoms with Gasteiger partial charge in [0.15, 0.2) is 0 Å². The maximum atomic E-state index is 5.72. The van der Waals surface area contributed by atoms with E-state index in [2.05, 4.69) is 27.2 Å². The zero-order valence-corrected chi connectivity index (χ0v) is 10.3. The number of nitrogens with zero attached hydrogens (tertiary/aromatic N) is 3. The fourth-order valence-electron chi connectivity index (χ4n) is 1.84. The minimum Gasteiger partial charge on any atom is -0.383 e. The average Bonchev–Trinajstić information content (AvgIpc) is 2.31. The topological polar surface area (TPSA) is 76.3 Å². The van der Waals surface area contributed by atoms with Gasteiger partial charge < -0.3 is 20.7 Å². The third-order valence-electron chi connectivity index (χ3n) is 2.96. The highest BCUT2D eigenvalue weighted by Crippen LogP contribution is 2.15. The van der Waals surface area contributed by atoms with Crippen LogP contribution in [-0.2, 0) is 4.74 Å². The van der Waals surface area contributed by atoms with Crippen molar-refractivity contribution in [2.45, 2.75) is 13.0 Å². The lowest BCUT2D eigenvalue weighted by atomic mass is 10.2. The summed E-state index contributed by atoms with van der Waals surface area (Å²) in [4.78, 5) is 10.4. The largest absolute Gasteiger partial charge is 0.383 e. The summed E-state index contributed by atoms with van der Waals surface area (Å²) in [7, 11) is 2.10. The molecule has 6 heteroatoms. The van der Waals surface area contributed by atoms with Crippen LogP contribution >= 0.6 is 0 Å². The van der Waals surface area contributed by atoms with Gasteiger partial charge in [-0.15, -0.1) is 0 Å². The number of ether oxygens (including phenoxy) is 1. The highest BCUT2D eigenvalue weighted by molar-refractivity contribution is 5.53. The van der Waals surface area contributed by atoms with Crippen molar-refractivity contribution in [2.24, 2.45) is 0 Å². The van der Waals surface area contributed by atoms with E-state index in [-0.39, 0.29) is 6.10 Å². The highest BCUT2D eigenvalue weighted by atomic mass is 16.5. The standard InChI is InChI=1S/C11H19N5O/c1-8-10(12)14-7-15-11(8)13-5-9-6-16(2)3-4-17-9/h7,9H,3-6H2,1-2H3,(H3,12,13,14,15). The number of anilines is 2. The number of aromatic nitrogens is 2. The Balaban J connectivity index is 1.91. The molecular weight excluding hydrogens is 218 g/mol. The van der Waals surface area contributed by atoms with Crippen LogP contribution in [0.4, 0.5) is 11.6 Å². The van der Waals surface area contributed by atoms with Gasteiger partial charge in [-0.1, -0.05) is 0 Å². The van der Waals surface area contributed by atoms with E-state index >= 15 is 0 Å². The highest BCUT2D eigenvalue weighted by Gasteiger charge is 2.17. The molecule has 2 rings (SSSR count). The van der Waals surface area contributed by atoms with Gasteiger partial charge in [0.2, 0.25) is 0 Å². The first-order chi connectivity index (χ1) is 8.16. The van der Waals surface area contributed by atoms with Crippen LogP contribution < -0.4 is 11.1 Å². The fourth-order valence-corrected chi connectivity index (χ4v) is 1.84. The van der Waals surface area contributed by atoms with E-state index in [1.54, 1.807) is 0 Å². The number of likely N-dealkylation sites (N-methyl/N-ethyl adjacent to an activating group) is 1. The van der Waals surface area contributed by atoms with Crippen molar-refractivity contribution in [2.75, 3.05) is 44.3 Å². The molecule has 1 atom stereocenters. The van der Waals surface area contributed by atoms with Gasteiger partial charge in [0, 0.05) is 25.2 Å². The first kappa shape index (κ1) is 12.1. The van der Waals surface area contributed by atoms with E-state index in [0.29, 0.717) is 5.82 Å². The van der Waals surface area contributed by atoms with Gasteiger partial charge in [-0.05, 0) is 14.0 Å². The molecule has 1 aromatic rings. The number of morpholine rings is 1. The number of rotatable bonds is 3. The number of nitrogens with two attached hydrogens (primary N) is 1. The lowest BCUT2D eigenvalue weighted by Crippen LogP contribution is -2.43. The lowest BCUT2D eigenvalue weighted by Gasteiger charge is -2.30. The number of hydrogen-bond acceptors (Lipinski definition) is 6. The van der Waals surface area contributed by atoms with Crippen LogP contribution in [0, 0.1) is 6.92 Å². The maximum Gasteiger partial charge on any atom is 0.134 e. The molecule has 1 unspecified atom stereocenters. The van der Waals surface area contributed by atoms with Crippen molar-refractivity contribution >= 4 is 11.6 Å².